The fourth-order valence-corrected chi connectivity index (χ4v) is 1.39. The van der Waals surface area contributed by atoms with Crippen LogP contribution >= 0.6 is 11.6 Å². The number of aromatic nitrogens is 2. The third kappa shape index (κ3) is 3.80. The first kappa shape index (κ1) is 14.2. The molecule has 0 radical (unpaired) electrons. The molecule has 0 aliphatic carbocycles. The molecule has 0 aliphatic rings. The highest BCUT2D eigenvalue weighted by Gasteiger charge is 2.12. The highest BCUT2D eigenvalue weighted by molar-refractivity contribution is 6.30. The van der Waals surface area contributed by atoms with Crippen LogP contribution in [0, 0.1) is 6.92 Å². The fourth-order valence-electron chi connectivity index (χ4n) is 1.21. The molecule has 0 amide bonds. The third-order valence-corrected chi connectivity index (χ3v) is 2.70. The summed E-state index contributed by atoms with van der Waals surface area (Å²) in [6.45, 7) is 5.70. The smallest absolute Gasteiger partial charge is 0.137 e. The molecule has 0 aromatic carbocycles. The van der Waals surface area contributed by atoms with E-state index in [1.54, 1.807) is 6.92 Å². The molecule has 6 heteroatoms. The van der Waals surface area contributed by atoms with E-state index in [9.17, 15) is 5.11 Å². The SMILES string of the molecule is Cc1c(Cl)nc(C(C)C)nc1NCC(O)CO. The molecule has 0 aliphatic heterocycles. The minimum atomic E-state index is -0.814. The van der Waals surface area contributed by atoms with E-state index in [1.165, 1.54) is 0 Å². The maximum Gasteiger partial charge on any atom is 0.137 e. The van der Waals surface area contributed by atoms with Crippen molar-refractivity contribution in [1.29, 1.82) is 0 Å². The number of hydrogen-bond donors (Lipinski definition) is 3. The van der Waals surface area contributed by atoms with Gasteiger partial charge in [-0.05, 0) is 6.92 Å². The number of anilines is 1. The van der Waals surface area contributed by atoms with Crippen molar-refractivity contribution >= 4 is 17.4 Å². The summed E-state index contributed by atoms with van der Waals surface area (Å²) in [6.07, 6.45) is -0.814. The number of nitrogens with zero attached hydrogens (tertiary/aromatic N) is 2. The molecular weight excluding hydrogens is 242 g/mol. The maximum atomic E-state index is 9.27. The van der Waals surface area contributed by atoms with Crippen LogP contribution in [0.4, 0.5) is 5.82 Å². The van der Waals surface area contributed by atoms with Gasteiger partial charge in [0.15, 0.2) is 0 Å². The van der Waals surface area contributed by atoms with Crippen molar-refractivity contribution in [2.45, 2.75) is 32.8 Å². The van der Waals surface area contributed by atoms with Crippen LogP contribution in [0.3, 0.4) is 0 Å². The normalized spacial score (nSPS) is 12.9. The summed E-state index contributed by atoms with van der Waals surface area (Å²) in [4.78, 5) is 8.52. The molecule has 5 nitrogen and oxygen atoms in total. The molecule has 0 saturated heterocycles. The van der Waals surface area contributed by atoms with Gasteiger partial charge in [-0.3, -0.25) is 0 Å². The van der Waals surface area contributed by atoms with Crippen LogP contribution in [-0.2, 0) is 0 Å². The van der Waals surface area contributed by atoms with Gasteiger partial charge in [0.05, 0.1) is 12.7 Å². The summed E-state index contributed by atoms with van der Waals surface area (Å²) in [5.41, 5.74) is 0.737. The fraction of sp³-hybridized carbons (Fsp3) is 0.636. The second kappa shape index (κ2) is 6.14. The molecule has 17 heavy (non-hydrogen) atoms. The van der Waals surface area contributed by atoms with E-state index in [0.717, 1.165) is 5.56 Å². The summed E-state index contributed by atoms with van der Waals surface area (Å²) in [5, 5.41) is 21.4. The predicted octanol–water partition coefficient (Wildman–Crippen LogP) is 1.33. The Morgan fingerprint density at radius 1 is 1.35 bits per heavy atom. The van der Waals surface area contributed by atoms with Crippen LogP contribution in [0.5, 0.6) is 0 Å². The Morgan fingerprint density at radius 2 is 2.00 bits per heavy atom. The van der Waals surface area contributed by atoms with Gasteiger partial charge in [0.2, 0.25) is 0 Å². The zero-order valence-corrected chi connectivity index (χ0v) is 11.0. The molecule has 0 fully saturated rings. The number of hydrogen-bond acceptors (Lipinski definition) is 5. The number of nitrogens with one attached hydrogen (secondary N) is 1. The first-order chi connectivity index (χ1) is 7.95. The number of aliphatic hydroxyl groups excluding tert-OH is 2. The van der Waals surface area contributed by atoms with E-state index in [1.807, 2.05) is 13.8 Å². The minimum absolute atomic E-state index is 0.177. The average molecular weight is 260 g/mol. The van der Waals surface area contributed by atoms with Crippen LogP contribution in [0.2, 0.25) is 5.15 Å². The lowest BCUT2D eigenvalue weighted by atomic mass is 10.2. The van der Waals surface area contributed by atoms with Crippen molar-refractivity contribution in [3.63, 3.8) is 0 Å². The molecule has 1 aromatic rings. The second-order valence-electron chi connectivity index (χ2n) is 4.22. The summed E-state index contributed by atoms with van der Waals surface area (Å²) in [5.74, 6) is 1.43. The molecule has 1 atom stereocenters. The first-order valence-corrected chi connectivity index (χ1v) is 5.90. The van der Waals surface area contributed by atoms with Gasteiger partial charge in [-0.1, -0.05) is 25.4 Å². The lowest BCUT2D eigenvalue weighted by molar-refractivity contribution is 0.105. The Bertz CT molecular complexity index is 385. The molecule has 0 saturated carbocycles. The van der Waals surface area contributed by atoms with Crippen LogP contribution < -0.4 is 5.32 Å². The molecule has 1 heterocycles. The highest BCUT2D eigenvalue weighted by Crippen LogP contribution is 2.22. The van der Waals surface area contributed by atoms with Crippen LogP contribution in [0.25, 0.3) is 0 Å². The van der Waals surface area contributed by atoms with Gasteiger partial charge in [0, 0.05) is 18.0 Å². The summed E-state index contributed by atoms with van der Waals surface area (Å²) >= 11 is 6.01. The van der Waals surface area contributed by atoms with E-state index >= 15 is 0 Å². The first-order valence-electron chi connectivity index (χ1n) is 5.52. The quantitative estimate of drug-likeness (QED) is 0.696. The van der Waals surface area contributed by atoms with E-state index in [4.69, 9.17) is 16.7 Å². The van der Waals surface area contributed by atoms with Crippen LogP contribution in [0.1, 0.15) is 31.2 Å². The summed E-state index contributed by atoms with van der Waals surface area (Å²) < 4.78 is 0. The Hall–Kier alpha value is -0.910. The van der Waals surface area contributed by atoms with Crippen molar-refractivity contribution < 1.29 is 10.2 Å². The van der Waals surface area contributed by atoms with Gasteiger partial charge in [-0.2, -0.15) is 0 Å². The van der Waals surface area contributed by atoms with E-state index in [-0.39, 0.29) is 19.1 Å². The Morgan fingerprint density at radius 3 is 2.53 bits per heavy atom. The lowest BCUT2D eigenvalue weighted by Crippen LogP contribution is -2.24. The van der Waals surface area contributed by atoms with Crippen molar-refractivity contribution in [3.8, 4) is 0 Å². The van der Waals surface area contributed by atoms with Crippen molar-refractivity contribution in [3.05, 3.63) is 16.5 Å². The molecule has 0 spiro atoms. The second-order valence-corrected chi connectivity index (χ2v) is 4.58. The molecule has 3 N–H and O–H groups in total. The third-order valence-electron chi connectivity index (χ3n) is 2.34. The maximum absolute atomic E-state index is 9.27. The standard InChI is InChI=1S/C11H18ClN3O2/c1-6(2)10-14-9(12)7(3)11(15-10)13-4-8(17)5-16/h6,8,16-17H,4-5H2,1-3H3,(H,13,14,15). The van der Waals surface area contributed by atoms with E-state index in [0.29, 0.717) is 16.8 Å². The van der Waals surface area contributed by atoms with Gasteiger partial charge in [-0.25, -0.2) is 9.97 Å². The molecular formula is C11H18ClN3O2. The van der Waals surface area contributed by atoms with Gasteiger partial charge in [0.25, 0.3) is 0 Å². The van der Waals surface area contributed by atoms with Crippen LogP contribution in [-0.4, -0.2) is 39.4 Å². The Balaban J connectivity index is 2.90. The van der Waals surface area contributed by atoms with Gasteiger partial charge < -0.3 is 15.5 Å². The zero-order valence-electron chi connectivity index (χ0n) is 10.2. The average Bonchev–Trinajstić information content (AvgIpc) is 2.30. The number of aliphatic hydroxyl groups is 2. The van der Waals surface area contributed by atoms with Crippen molar-refractivity contribution in [2.75, 3.05) is 18.5 Å². The Labute approximate surface area is 106 Å². The molecule has 96 valence electrons. The van der Waals surface area contributed by atoms with Crippen LogP contribution in [0.15, 0.2) is 0 Å². The largest absolute Gasteiger partial charge is 0.394 e. The topological polar surface area (TPSA) is 78.3 Å². The monoisotopic (exact) mass is 259 g/mol. The minimum Gasteiger partial charge on any atom is -0.394 e. The molecule has 0 bridgehead atoms. The highest BCUT2D eigenvalue weighted by atomic mass is 35.5. The number of rotatable bonds is 5. The molecule has 1 unspecified atom stereocenters. The molecule has 1 aromatic heterocycles. The van der Waals surface area contributed by atoms with Crippen molar-refractivity contribution in [1.82, 2.24) is 9.97 Å². The Kier molecular flexibility index (Phi) is 5.11. The van der Waals surface area contributed by atoms with Crippen molar-refractivity contribution in [2.24, 2.45) is 0 Å². The predicted molar refractivity (Wildman–Crippen MR) is 67.5 cm³/mol. The van der Waals surface area contributed by atoms with Gasteiger partial charge in [-0.15, -0.1) is 0 Å². The number of halogens is 1. The zero-order chi connectivity index (χ0) is 13.0. The summed E-state index contributed by atoms with van der Waals surface area (Å²) in [7, 11) is 0. The van der Waals surface area contributed by atoms with Gasteiger partial charge >= 0.3 is 0 Å². The van der Waals surface area contributed by atoms with E-state index in [2.05, 4.69) is 15.3 Å². The lowest BCUT2D eigenvalue weighted by Gasteiger charge is -2.14. The van der Waals surface area contributed by atoms with E-state index < -0.39 is 6.10 Å². The summed E-state index contributed by atoms with van der Waals surface area (Å²) in [6, 6.07) is 0. The molecule has 1 rings (SSSR count). The van der Waals surface area contributed by atoms with Gasteiger partial charge in [0.1, 0.15) is 16.8 Å².